The number of carbonyl (C=O) groups is 1. The van der Waals surface area contributed by atoms with Crippen LogP contribution in [0.1, 0.15) is 28.7 Å². The van der Waals surface area contributed by atoms with Crippen LogP contribution in [0.4, 0.5) is 11.6 Å². The zero-order valence-electron chi connectivity index (χ0n) is 16.9. The number of rotatable bonds is 6. The van der Waals surface area contributed by atoms with Crippen LogP contribution in [0.15, 0.2) is 66.0 Å². The molecule has 0 aliphatic heterocycles. The molecular weight excluding hydrogens is 416 g/mol. The van der Waals surface area contributed by atoms with Crippen LogP contribution in [0.2, 0.25) is 0 Å². The third-order valence-electron chi connectivity index (χ3n) is 4.77. The Morgan fingerprint density at radius 2 is 1.77 bits per heavy atom. The SMILES string of the molecule is CCc1nc2ccc(C(=O)Nc3ccc(S(=O)(=O)Nc4ncccn4)cc3)cn2c1C. The number of nitrogens with zero attached hydrogens (tertiary/aromatic N) is 4. The fourth-order valence-electron chi connectivity index (χ4n) is 3.13. The average molecular weight is 436 g/mol. The predicted octanol–water partition coefficient (Wildman–Crippen LogP) is 3.05. The van der Waals surface area contributed by atoms with Crippen molar-refractivity contribution in [2.24, 2.45) is 0 Å². The van der Waals surface area contributed by atoms with Crippen LogP contribution in [-0.4, -0.2) is 33.7 Å². The normalized spacial score (nSPS) is 11.4. The Bertz CT molecular complexity index is 1350. The minimum absolute atomic E-state index is 0.0173. The van der Waals surface area contributed by atoms with Gasteiger partial charge >= 0.3 is 0 Å². The van der Waals surface area contributed by atoms with Gasteiger partial charge in [-0.05, 0) is 55.8 Å². The largest absolute Gasteiger partial charge is 0.322 e. The van der Waals surface area contributed by atoms with E-state index < -0.39 is 10.0 Å². The maximum atomic E-state index is 12.7. The van der Waals surface area contributed by atoms with Gasteiger partial charge in [0.1, 0.15) is 5.65 Å². The van der Waals surface area contributed by atoms with Crippen LogP contribution in [0.5, 0.6) is 0 Å². The van der Waals surface area contributed by atoms with Crippen molar-refractivity contribution < 1.29 is 13.2 Å². The van der Waals surface area contributed by atoms with Gasteiger partial charge in [-0.2, -0.15) is 0 Å². The second kappa shape index (κ2) is 8.15. The Morgan fingerprint density at radius 1 is 1.06 bits per heavy atom. The van der Waals surface area contributed by atoms with E-state index in [1.807, 2.05) is 18.2 Å². The summed E-state index contributed by atoms with van der Waals surface area (Å²) in [6.45, 7) is 4.00. The highest BCUT2D eigenvalue weighted by Crippen LogP contribution is 2.18. The molecule has 10 heteroatoms. The first kappa shape index (κ1) is 20.5. The number of nitrogens with one attached hydrogen (secondary N) is 2. The molecule has 4 aromatic rings. The quantitative estimate of drug-likeness (QED) is 0.480. The van der Waals surface area contributed by atoms with Gasteiger partial charge in [0.2, 0.25) is 5.95 Å². The molecule has 0 radical (unpaired) electrons. The third kappa shape index (κ3) is 4.24. The number of pyridine rings is 1. The predicted molar refractivity (Wildman–Crippen MR) is 117 cm³/mol. The van der Waals surface area contributed by atoms with Gasteiger partial charge in [0.25, 0.3) is 15.9 Å². The highest BCUT2D eigenvalue weighted by Gasteiger charge is 2.16. The Morgan fingerprint density at radius 3 is 2.45 bits per heavy atom. The fourth-order valence-corrected chi connectivity index (χ4v) is 4.09. The lowest BCUT2D eigenvalue weighted by atomic mass is 10.2. The molecule has 0 saturated carbocycles. The molecule has 0 unspecified atom stereocenters. The van der Waals surface area contributed by atoms with Crippen molar-refractivity contribution in [1.29, 1.82) is 0 Å². The smallest absolute Gasteiger partial charge is 0.264 e. The van der Waals surface area contributed by atoms with Crippen LogP contribution >= 0.6 is 0 Å². The van der Waals surface area contributed by atoms with Crippen molar-refractivity contribution in [1.82, 2.24) is 19.4 Å². The molecule has 0 aliphatic carbocycles. The van der Waals surface area contributed by atoms with E-state index in [4.69, 9.17) is 0 Å². The number of amides is 1. The van der Waals surface area contributed by atoms with E-state index in [9.17, 15) is 13.2 Å². The third-order valence-corrected chi connectivity index (χ3v) is 6.11. The molecule has 0 bridgehead atoms. The number of carbonyl (C=O) groups excluding carboxylic acids is 1. The van der Waals surface area contributed by atoms with Crippen LogP contribution in [0.3, 0.4) is 0 Å². The zero-order valence-corrected chi connectivity index (χ0v) is 17.7. The summed E-state index contributed by atoms with van der Waals surface area (Å²) in [5.74, 6) is -0.323. The number of imidazole rings is 1. The van der Waals surface area contributed by atoms with Crippen molar-refractivity contribution in [3.05, 3.63) is 78.0 Å². The summed E-state index contributed by atoms with van der Waals surface area (Å²) in [7, 11) is -3.84. The minimum atomic E-state index is -3.84. The van der Waals surface area contributed by atoms with Gasteiger partial charge in [-0.15, -0.1) is 0 Å². The van der Waals surface area contributed by atoms with E-state index in [1.165, 1.54) is 36.7 Å². The molecule has 0 spiro atoms. The number of sulfonamides is 1. The molecule has 3 heterocycles. The molecular formula is C21H20N6O3S. The lowest BCUT2D eigenvalue weighted by Crippen LogP contribution is -2.15. The van der Waals surface area contributed by atoms with E-state index in [1.54, 1.807) is 24.4 Å². The van der Waals surface area contributed by atoms with Gasteiger partial charge in [-0.3, -0.25) is 4.79 Å². The summed E-state index contributed by atoms with van der Waals surface area (Å²) in [6, 6.07) is 10.9. The second-order valence-electron chi connectivity index (χ2n) is 6.80. The maximum Gasteiger partial charge on any atom is 0.264 e. The van der Waals surface area contributed by atoms with Gasteiger partial charge in [0.15, 0.2) is 0 Å². The van der Waals surface area contributed by atoms with E-state index in [2.05, 4.69) is 25.0 Å². The molecule has 0 aliphatic rings. The van der Waals surface area contributed by atoms with Gasteiger partial charge in [-0.25, -0.2) is 28.1 Å². The van der Waals surface area contributed by atoms with Crippen LogP contribution in [-0.2, 0) is 16.4 Å². The first-order valence-electron chi connectivity index (χ1n) is 9.56. The highest BCUT2D eigenvalue weighted by molar-refractivity contribution is 7.92. The number of fused-ring (bicyclic) bond motifs is 1. The van der Waals surface area contributed by atoms with E-state index in [0.29, 0.717) is 11.3 Å². The molecule has 0 atom stereocenters. The molecule has 4 rings (SSSR count). The summed E-state index contributed by atoms with van der Waals surface area (Å²) in [4.78, 5) is 24.9. The molecule has 158 valence electrons. The summed E-state index contributed by atoms with van der Waals surface area (Å²) < 4.78 is 29.1. The highest BCUT2D eigenvalue weighted by atomic mass is 32.2. The zero-order chi connectivity index (χ0) is 22.0. The Kier molecular flexibility index (Phi) is 5.38. The molecule has 0 fully saturated rings. The number of anilines is 2. The summed E-state index contributed by atoms with van der Waals surface area (Å²) in [6.07, 6.45) is 5.44. The van der Waals surface area contributed by atoms with Crippen LogP contribution in [0.25, 0.3) is 5.65 Å². The topological polar surface area (TPSA) is 118 Å². The number of hydrogen-bond donors (Lipinski definition) is 2. The molecule has 9 nitrogen and oxygen atoms in total. The summed E-state index contributed by atoms with van der Waals surface area (Å²) >= 11 is 0. The molecule has 1 aromatic carbocycles. The lowest BCUT2D eigenvalue weighted by molar-refractivity contribution is 0.102. The minimum Gasteiger partial charge on any atom is -0.322 e. The first-order chi connectivity index (χ1) is 14.9. The number of benzene rings is 1. The van der Waals surface area contributed by atoms with Gasteiger partial charge < -0.3 is 9.72 Å². The summed E-state index contributed by atoms with van der Waals surface area (Å²) in [5, 5.41) is 2.78. The Labute approximate surface area is 179 Å². The van der Waals surface area contributed by atoms with Crippen molar-refractivity contribution in [3.8, 4) is 0 Å². The van der Waals surface area contributed by atoms with Crippen molar-refractivity contribution in [2.45, 2.75) is 25.2 Å². The van der Waals surface area contributed by atoms with Crippen molar-refractivity contribution in [2.75, 3.05) is 10.0 Å². The van der Waals surface area contributed by atoms with Crippen LogP contribution in [0, 0.1) is 6.92 Å². The van der Waals surface area contributed by atoms with Gasteiger partial charge in [0.05, 0.1) is 16.2 Å². The molecule has 31 heavy (non-hydrogen) atoms. The molecule has 0 saturated heterocycles. The number of aromatic nitrogens is 4. The van der Waals surface area contributed by atoms with E-state index in [-0.39, 0.29) is 16.8 Å². The molecule has 2 N–H and O–H groups in total. The van der Waals surface area contributed by atoms with E-state index >= 15 is 0 Å². The number of aryl methyl sites for hydroxylation is 2. The summed E-state index contributed by atoms with van der Waals surface area (Å²) in [5.41, 5.74) is 3.71. The second-order valence-corrected chi connectivity index (χ2v) is 8.48. The van der Waals surface area contributed by atoms with Crippen LogP contribution < -0.4 is 10.0 Å². The van der Waals surface area contributed by atoms with Crippen molar-refractivity contribution >= 4 is 33.2 Å². The van der Waals surface area contributed by atoms with Crippen molar-refractivity contribution in [3.63, 3.8) is 0 Å². The Hall–Kier alpha value is -3.79. The van der Waals surface area contributed by atoms with E-state index in [0.717, 1.165) is 23.5 Å². The Balaban J connectivity index is 1.50. The number of hydrogen-bond acceptors (Lipinski definition) is 6. The fraction of sp³-hybridized carbons (Fsp3) is 0.143. The maximum absolute atomic E-state index is 12.7. The average Bonchev–Trinajstić information content (AvgIpc) is 3.09. The van der Waals surface area contributed by atoms with Gasteiger partial charge in [-0.1, -0.05) is 6.92 Å². The first-order valence-corrected chi connectivity index (χ1v) is 11.0. The molecule has 1 amide bonds. The standard InChI is InChI=1S/C21H20N6O3S/c1-3-18-14(2)27-13-15(5-10-19(27)25-18)20(28)24-16-6-8-17(9-7-16)31(29,30)26-21-22-11-4-12-23-21/h4-13H,3H2,1-2H3,(H,24,28)(H,22,23,26). The lowest BCUT2D eigenvalue weighted by Gasteiger charge is -2.09. The molecule has 3 aromatic heterocycles. The monoisotopic (exact) mass is 436 g/mol. The van der Waals surface area contributed by atoms with Gasteiger partial charge in [0, 0.05) is 30.0 Å².